The van der Waals surface area contributed by atoms with Crippen molar-refractivity contribution in [2.24, 2.45) is 0 Å². The van der Waals surface area contributed by atoms with E-state index in [4.69, 9.17) is 9.52 Å². The molecule has 4 heterocycles. The van der Waals surface area contributed by atoms with Crippen LogP contribution in [0.3, 0.4) is 0 Å². The van der Waals surface area contributed by atoms with E-state index in [1.54, 1.807) is 23.7 Å². The van der Waals surface area contributed by atoms with Gasteiger partial charge in [0.25, 0.3) is 5.56 Å². The number of aryl methyl sites for hydroxylation is 1. The van der Waals surface area contributed by atoms with Gasteiger partial charge in [0.15, 0.2) is 5.82 Å². The summed E-state index contributed by atoms with van der Waals surface area (Å²) in [6, 6.07) is 16.8. The van der Waals surface area contributed by atoms with Crippen molar-refractivity contribution in [2.75, 3.05) is 0 Å². The van der Waals surface area contributed by atoms with Gasteiger partial charge < -0.3 is 14.3 Å². The van der Waals surface area contributed by atoms with Gasteiger partial charge >= 0.3 is 0 Å². The molecular weight excluding hydrogens is 408 g/mol. The molecular formula is C23H20N6O3. The van der Waals surface area contributed by atoms with E-state index in [1.807, 2.05) is 59.4 Å². The second kappa shape index (κ2) is 8.03. The SMILES string of the molecule is Cc1nn(CC(=O)NCc2ccco2)c(=O)c2c(-n3cccc3)n(-c3ccccc3)nc12. The Balaban J connectivity index is 1.60. The average Bonchev–Trinajstić information content (AvgIpc) is 3.57. The number of fused-ring (bicyclic) bond motifs is 1. The zero-order valence-electron chi connectivity index (χ0n) is 17.3. The summed E-state index contributed by atoms with van der Waals surface area (Å²) in [6.07, 6.45) is 5.25. The van der Waals surface area contributed by atoms with Crippen molar-refractivity contribution in [1.82, 2.24) is 29.4 Å². The number of furan rings is 1. The molecule has 1 amide bonds. The van der Waals surface area contributed by atoms with Crippen molar-refractivity contribution in [2.45, 2.75) is 20.0 Å². The van der Waals surface area contributed by atoms with Crippen LogP contribution in [0.4, 0.5) is 0 Å². The number of para-hydroxylation sites is 1. The molecule has 0 aliphatic heterocycles. The fraction of sp³-hybridized carbons (Fsp3) is 0.130. The van der Waals surface area contributed by atoms with Crippen LogP contribution < -0.4 is 10.9 Å². The minimum Gasteiger partial charge on any atom is -0.467 e. The smallest absolute Gasteiger partial charge is 0.280 e. The van der Waals surface area contributed by atoms with E-state index in [0.717, 1.165) is 5.69 Å². The third-order valence-corrected chi connectivity index (χ3v) is 5.11. The van der Waals surface area contributed by atoms with Crippen LogP contribution in [0.1, 0.15) is 11.5 Å². The summed E-state index contributed by atoms with van der Waals surface area (Å²) in [5, 5.41) is 12.2. The predicted octanol–water partition coefficient (Wildman–Crippen LogP) is 2.59. The van der Waals surface area contributed by atoms with Crippen molar-refractivity contribution in [3.8, 4) is 11.5 Å². The number of hydrogen-bond donors (Lipinski definition) is 1. The van der Waals surface area contributed by atoms with Crippen molar-refractivity contribution in [1.29, 1.82) is 0 Å². The van der Waals surface area contributed by atoms with Gasteiger partial charge in [0.05, 0.1) is 24.2 Å². The van der Waals surface area contributed by atoms with Crippen LogP contribution in [0, 0.1) is 6.92 Å². The van der Waals surface area contributed by atoms with E-state index in [0.29, 0.717) is 28.2 Å². The second-order valence-electron chi connectivity index (χ2n) is 7.29. The lowest BCUT2D eigenvalue weighted by atomic mass is 10.2. The Hall–Kier alpha value is -4.40. The molecule has 9 heteroatoms. The van der Waals surface area contributed by atoms with Crippen LogP contribution in [0.25, 0.3) is 22.4 Å². The highest BCUT2D eigenvalue weighted by Gasteiger charge is 2.22. The summed E-state index contributed by atoms with van der Waals surface area (Å²) in [5.74, 6) is 0.883. The molecule has 0 unspecified atom stereocenters. The molecule has 5 aromatic rings. The zero-order valence-corrected chi connectivity index (χ0v) is 17.3. The molecule has 9 nitrogen and oxygen atoms in total. The van der Waals surface area contributed by atoms with Crippen molar-refractivity contribution >= 4 is 16.8 Å². The minimum atomic E-state index is -0.385. The van der Waals surface area contributed by atoms with Crippen LogP contribution in [-0.4, -0.2) is 30.0 Å². The molecule has 5 rings (SSSR count). The average molecular weight is 428 g/mol. The number of hydrogen-bond acceptors (Lipinski definition) is 5. The van der Waals surface area contributed by atoms with E-state index in [1.165, 1.54) is 10.9 Å². The number of nitrogens with one attached hydrogen (secondary N) is 1. The van der Waals surface area contributed by atoms with Crippen LogP contribution in [0.2, 0.25) is 0 Å². The largest absolute Gasteiger partial charge is 0.467 e. The topological polar surface area (TPSA) is 99.9 Å². The Morgan fingerprint density at radius 1 is 1.03 bits per heavy atom. The number of rotatable bonds is 6. The number of aromatic nitrogens is 5. The number of carbonyl (C=O) groups is 1. The van der Waals surface area contributed by atoms with E-state index in [-0.39, 0.29) is 24.6 Å². The van der Waals surface area contributed by atoms with Gasteiger partial charge in [0, 0.05) is 12.4 Å². The van der Waals surface area contributed by atoms with Crippen molar-refractivity contribution in [3.63, 3.8) is 0 Å². The molecule has 0 aliphatic carbocycles. The molecule has 160 valence electrons. The van der Waals surface area contributed by atoms with Gasteiger partial charge in [0.1, 0.15) is 23.2 Å². The normalized spacial score (nSPS) is 11.2. The maximum atomic E-state index is 13.4. The Kier molecular flexibility index (Phi) is 4.91. The second-order valence-corrected chi connectivity index (χ2v) is 7.29. The Morgan fingerprint density at radius 2 is 1.81 bits per heavy atom. The summed E-state index contributed by atoms with van der Waals surface area (Å²) in [6.45, 7) is 1.81. The summed E-state index contributed by atoms with van der Waals surface area (Å²) < 4.78 is 9.97. The van der Waals surface area contributed by atoms with Gasteiger partial charge in [-0.3, -0.25) is 9.59 Å². The number of nitrogens with zero attached hydrogens (tertiary/aromatic N) is 5. The van der Waals surface area contributed by atoms with Gasteiger partial charge in [-0.25, -0.2) is 9.36 Å². The first-order valence-electron chi connectivity index (χ1n) is 10.1. The third kappa shape index (κ3) is 3.49. The van der Waals surface area contributed by atoms with Gasteiger partial charge in [-0.15, -0.1) is 0 Å². The predicted molar refractivity (Wildman–Crippen MR) is 118 cm³/mol. The van der Waals surface area contributed by atoms with Crippen LogP contribution in [0.5, 0.6) is 0 Å². The lowest BCUT2D eigenvalue weighted by Gasteiger charge is -2.09. The molecule has 4 aromatic heterocycles. The van der Waals surface area contributed by atoms with Crippen LogP contribution in [-0.2, 0) is 17.9 Å². The molecule has 32 heavy (non-hydrogen) atoms. The molecule has 0 saturated carbocycles. The van der Waals surface area contributed by atoms with E-state index < -0.39 is 0 Å². The Morgan fingerprint density at radius 3 is 2.53 bits per heavy atom. The van der Waals surface area contributed by atoms with Crippen LogP contribution in [0.15, 0.2) is 82.5 Å². The van der Waals surface area contributed by atoms with Crippen molar-refractivity contribution in [3.05, 3.63) is 95.1 Å². The molecule has 0 atom stereocenters. The highest BCUT2D eigenvalue weighted by Crippen LogP contribution is 2.24. The number of amides is 1. The Labute approximate surface area is 182 Å². The fourth-order valence-electron chi connectivity index (χ4n) is 3.62. The molecule has 0 radical (unpaired) electrons. The number of benzene rings is 1. The van der Waals surface area contributed by atoms with E-state index in [2.05, 4.69) is 10.4 Å². The van der Waals surface area contributed by atoms with Crippen LogP contribution >= 0.6 is 0 Å². The van der Waals surface area contributed by atoms with Gasteiger partial charge in [-0.2, -0.15) is 10.2 Å². The fourth-order valence-corrected chi connectivity index (χ4v) is 3.62. The first-order chi connectivity index (χ1) is 15.6. The summed E-state index contributed by atoms with van der Waals surface area (Å²) in [4.78, 5) is 25.9. The lowest BCUT2D eigenvalue weighted by molar-refractivity contribution is -0.122. The van der Waals surface area contributed by atoms with E-state index >= 15 is 0 Å². The standard InChI is InChI=1S/C23H20N6O3/c1-16-21-20(23(31)28(25-16)15-19(30)24-14-18-10-7-13-32-18)22(27-11-5-6-12-27)29(26-21)17-8-3-2-4-9-17/h2-13H,14-15H2,1H3,(H,24,30). The highest BCUT2D eigenvalue weighted by atomic mass is 16.3. The van der Waals surface area contributed by atoms with Crippen molar-refractivity contribution < 1.29 is 9.21 Å². The third-order valence-electron chi connectivity index (χ3n) is 5.11. The van der Waals surface area contributed by atoms with Gasteiger partial charge in [-0.05, 0) is 43.3 Å². The van der Waals surface area contributed by atoms with Gasteiger partial charge in [0.2, 0.25) is 5.91 Å². The molecule has 0 saturated heterocycles. The summed E-state index contributed by atoms with van der Waals surface area (Å²) >= 11 is 0. The first kappa shape index (κ1) is 19.6. The maximum Gasteiger partial charge on any atom is 0.280 e. The molecule has 0 fully saturated rings. The molecule has 0 aliphatic rings. The minimum absolute atomic E-state index is 0.210. The van der Waals surface area contributed by atoms with Gasteiger partial charge in [-0.1, -0.05) is 18.2 Å². The first-order valence-corrected chi connectivity index (χ1v) is 10.1. The van der Waals surface area contributed by atoms with E-state index in [9.17, 15) is 9.59 Å². The zero-order chi connectivity index (χ0) is 22.1. The monoisotopic (exact) mass is 428 g/mol. The Bertz CT molecular complexity index is 1430. The molecule has 0 spiro atoms. The quantitative estimate of drug-likeness (QED) is 0.448. The number of carbonyl (C=O) groups excluding carboxylic acids is 1. The molecule has 0 bridgehead atoms. The lowest BCUT2D eigenvalue weighted by Crippen LogP contribution is -2.34. The summed E-state index contributed by atoms with van der Waals surface area (Å²) in [7, 11) is 0. The maximum absolute atomic E-state index is 13.4. The molecule has 1 aromatic carbocycles. The molecule has 1 N–H and O–H groups in total. The highest BCUT2D eigenvalue weighted by molar-refractivity contribution is 5.88. The summed E-state index contributed by atoms with van der Waals surface area (Å²) in [5.41, 5.74) is 1.48.